The first-order valence-corrected chi connectivity index (χ1v) is 9.13. The molecule has 0 atom stereocenters. The van der Waals surface area contributed by atoms with Crippen molar-refractivity contribution in [3.8, 4) is 0 Å². The average molecular weight is 363 g/mol. The average Bonchev–Trinajstić information content (AvgIpc) is 2.63. The lowest BCUT2D eigenvalue weighted by atomic mass is 9.76. The molecule has 0 bridgehead atoms. The van der Waals surface area contributed by atoms with Crippen molar-refractivity contribution >= 4 is 24.1 Å². The molecule has 2 fully saturated rings. The van der Waals surface area contributed by atoms with Crippen LogP contribution in [0.1, 0.15) is 33.6 Å². The van der Waals surface area contributed by atoms with Gasteiger partial charge in [0, 0.05) is 62.2 Å². The van der Waals surface area contributed by atoms with Crippen molar-refractivity contribution in [1.82, 2.24) is 4.98 Å². The van der Waals surface area contributed by atoms with Gasteiger partial charge in [-0.15, -0.1) is 0 Å². The highest BCUT2D eigenvalue weighted by molar-refractivity contribution is 6.61. The van der Waals surface area contributed by atoms with Crippen molar-refractivity contribution in [2.24, 2.45) is 5.41 Å². The van der Waals surface area contributed by atoms with E-state index >= 15 is 0 Å². The first-order chi connectivity index (χ1) is 12.4. The fourth-order valence-corrected chi connectivity index (χ4v) is 3.41. The molecule has 2 aliphatic rings. The number of pyridine rings is 1. The molecule has 2 saturated heterocycles. The van der Waals surface area contributed by atoms with Gasteiger partial charge in [-0.05, 0) is 19.8 Å². The zero-order valence-electron chi connectivity index (χ0n) is 15.6. The van der Waals surface area contributed by atoms with Gasteiger partial charge in [0.2, 0.25) is 5.82 Å². The van der Waals surface area contributed by atoms with Gasteiger partial charge >= 0.3 is 12.8 Å². The molecule has 3 rings (SSSR count). The summed E-state index contributed by atoms with van der Waals surface area (Å²) in [6.07, 6.45) is 3.32. The summed E-state index contributed by atoms with van der Waals surface area (Å²) < 4.78 is 16.9. The van der Waals surface area contributed by atoms with Crippen molar-refractivity contribution < 1.29 is 19.0 Å². The SMILES string of the molecule is CCN(c1ncc(B2OCC(C)(C)CO2)cc1[N+](=O)[O-])C1CCOCC1. The van der Waals surface area contributed by atoms with E-state index in [0.717, 1.165) is 12.8 Å². The molecule has 26 heavy (non-hydrogen) atoms. The molecular weight excluding hydrogens is 337 g/mol. The fraction of sp³-hybridized carbons (Fsp3) is 0.706. The van der Waals surface area contributed by atoms with Crippen LogP contribution in [0.15, 0.2) is 12.3 Å². The Morgan fingerprint density at radius 3 is 2.58 bits per heavy atom. The van der Waals surface area contributed by atoms with E-state index in [-0.39, 0.29) is 22.1 Å². The standard InChI is InChI=1S/C17H26BN3O5/c1-4-20(14-5-7-24-8-6-14)16-15(21(22)23)9-13(10-19-16)18-25-11-17(2,3)12-26-18/h9-10,14H,4-8,11-12H2,1-3H3. The first-order valence-electron chi connectivity index (χ1n) is 9.13. The third-order valence-electron chi connectivity index (χ3n) is 4.83. The Hall–Kier alpha value is -1.71. The summed E-state index contributed by atoms with van der Waals surface area (Å²) in [5.41, 5.74) is 0.518. The molecular formula is C17H26BN3O5. The van der Waals surface area contributed by atoms with E-state index < -0.39 is 7.12 Å². The molecule has 0 aliphatic carbocycles. The Labute approximate surface area is 154 Å². The Balaban J connectivity index is 1.85. The van der Waals surface area contributed by atoms with Crippen LogP contribution in [-0.2, 0) is 14.0 Å². The molecule has 0 amide bonds. The fourth-order valence-electron chi connectivity index (χ4n) is 3.41. The van der Waals surface area contributed by atoms with Crippen LogP contribution in [0.5, 0.6) is 0 Å². The van der Waals surface area contributed by atoms with Gasteiger partial charge in [-0.2, -0.15) is 0 Å². The van der Waals surface area contributed by atoms with Crippen LogP contribution >= 0.6 is 0 Å². The van der Waals surface area contributed by atoms with Crippen LogP contribution in [-0.4, -0.2) is 56.0 Å². The van der Waals surface area contributed by atoms with Gasteiger partial charge in [0.05, 0.1) is 4.92 Å². The molecule has 0 spiro atoms. The molecule has 142 valence electrons. The third-order valence-corrected chi connectivity index (χ3v) is 4.83. The van der Waals surface area contributed by atoms with E-state index in [4.69, 9.17) is 14.0 Å². The van der Waals surface area contributed by atoms with Crippen LogP contribution in [0.25, 0.3) is 0 Å². The second-order valence-electron chi connectivity index (χ2n) is 7.62. The minimum atomic E-state index is -0.610. The molecule has 1 aromatic heterocycles. The number of hydrogen-bond donors (Lipinski definition) is 0. The topological polar surface area (TPSA) is 87.0 Å². The van der Waals surface area contributed by atoms with E-state index in [1.165, 1.54) is 6.07 Å². The molecule has 2 aliphatic heterocycles. The number of nitrogens with zero attached hydrogens (tertiary/aromatic N) is 3. The molecule has 0 radical (unpaired) electrons. The molecule has 9 heteroatoms. The summed E-state index contributed by atoms with van der Waals surface area (Å²) in [6, 6.07) is 1.74. The van der Waals surface area contributed by atoms with Gasteiger partial charge in [-0.1, -0.05) is 13.8 Å². The van der Waals surface area contributed by atoms with Crippen molar-refractivity contribution in [3.63, 3.8) is 0 Å². The highest BCUT2D eigenvalue weighted by Crippen LogP contribution is 2.29. The van der Waals surface area contributed by atoms with Crippen molar-refractivity contribution in [2.75, 3.05) is 37.9 Å². The second kappa shape index (κ2) is 7.90. The zero-order chi connectivity index (χ0) is 18.7. The monoisotopic (exact) mass is 363 g/mol. The summed E-state index contributed by atoms with van der Waals surface area (Å²) in [5, 5.41) is 11.7. The van der Waals surface area contributed by atoms with E-state index in [2.05, 4.69) is 18.8 Å². The molecule has 8 nitrogen and oxygen atoms in total. The van der Waals surface area contributed by atoms with Gasteiger partial charge in [0.15, 0.2) is 0 Å². The Kier molecular flexibility index (Phi) is 5.79. The number of aromatic nitrogens is 1. The van der Waals surface area contributed by atoms with Crippen molar-refractivity contribution in [1.29, 1.82) is 0 Å². The van der Waals surface area contributed by atoms with Crippen molar-refractivity contribution in [3.05, 3.63) is 22.4 Å². The first kappa shape index (κ1) is 19.1. The molecule has 0 unspecified atom stereocenters. The summed E-state index contributed by atoms with van der Waals surface area (Å²) in [4.78, 5) is 17.8. The maximum atomic E-state index is 11.7. The maximum absolute atomic E-state index is 11.7. The number of hydrogen-bond acceptors (Lipinski definition) is 7. The quantitative estimate of drug-likeness (QED) is 0.448. The second-order valence-corrected chi connectivity index (χ2v) is 7.62. The maximum Gasteiger partial charge on any atom is 0.495 e. The Morgan fingerprint density at radius 2 is 2.00 bits per heavy atom. The number of nitro groups is 1. The predicted molar refractivity (Wildman–Crippen MR) is 98.8 cm³/mol. The van der Waals surface area contributed by atoms with E-state index in [9.17, 15) is 10.1 Å². The van der Waals surface area contributed by atoms with Crippen LogP contribution in [0.2, 0.25) is 0 Å². The number of rotatable bonds is 5. The van der Waals surface area contributed by atoms with Crippen LogP contribution < -0.4 is 10.4 Å². The summed E-state index contributed by atoms with van der Waals surface area (Å²) in [5.74, 6) is 0.407. The third kappa shape index (κ3) is 4.16. The minimum Gasteiger partial charge on any atom is -0.407 e. The summed E-state index contributed by atoms with van der Waals surface area (Å²) >= 11 is 0. The van der Waals surface area contributed by atoms with Gasteiger partial charge in [0.1, 0.15) is 0 Å². The van der Waals surface area contributed by atoms with Gasteiger partial charge in [-0.25, -0.2) is 4.98 Å². The van der Waals surface area contributed by atoms with E-state index in [1.54, 1.807) is 6.20 Å². The van der Waals surface area contributed by atoms with Gasteiger partial charge < -0.3 is 18.9 Å². The Morgan fingerprint density at radius 1 is 1.35 bits per heavy atom. The highest BCUT2D eigenvalue weighted by atomic mass is 16.6. The normalized spacial score (nSPS) is 20.8. The van der Waals surface area contributed by atoms with E-state index in [0.29, 0.717) is 44.3 Å². The van der Waals surface area contributed by atoms with E-state index in [1.807, 2.05) is 11.8 Å². The van der Waals surface area contributed by atoms with Crippen LogP contribution in [0, 0.1) is 15.5 Å². The molecule has 3 heterocycles. The molecule has 0 N–H and O–H groups in total. The molecule has 1 aromatic rings. The number of anilines is 1. The van der Waals surface area contributed by atoms with Crippen molar-refractivity contribution in [2.45, 2.75) is 39.7 Å². The molecule has 0 aromatic carbocycles. The zero-order valence-corrected chi connectivity index (χ0v) is 15.6. The lowest BCUT2D eigenvalue weighted by molar-refractivity contribution is -0.384. The lowest BCUT2D eigenvalue weighted by Crippen LogP contribution is -2.48. The van der Waals surface area contributed by atoms with Crippen LogP contribution in [0.3, 0.4) is 0 Å². The largest absolute Gasteiger partial charge is 0.495 e. The summed E-state index contributed by atoms with van der Waals surface area (Å²) in [6.45, 7) is 9.18. The highest BCUT2D eigenvalue weighted by Gasteiger charge is 2.36. The Bertz CT molecular complexity index is 641. The lowest BCUT2D eigenvalue weighted by Gasteiger charge is -2.34. The minimum absolute atomic E-state index is 0.00660. The predicted octanol–water partition coefficient (Wildman–Crippen LogP) is 1.76. The molecule has 0 saturated carbocycles. The summed E-state index contributed by atoms with van der Waals surface area (Å²) in [7, 11) is -0.610. The van der Waals surface area contributed by atoms with Gasteiger partial charge in [-0.3, -0.25) is 10.1 Å². The van der Waals surface area contributed by atoms with Crippen LogP contribution in [0.4, 0.5) is 11.5 Å². The van der Waals surface area contributed by atoms with Gasteiger partial charge in [0.25, 0.3) is 0 Å². The smallest absolute Gasteiger partial charge is 0.407 e. The number of ether oxygens (including phenoxy) is 1.